The minimum absolute atomic E-state index is 0.198. The Morgan fingerprint density at radius 2 is 0.764 bits per heavy atom. The van der Waals surface area contributed by atoms with Gasteiger partial charge >= 0.3 is 0 Å². The highest BCUT2D eigenvalue weighted by molar-refractivity contribution is 5.98. The largest absolute Gasteiger partial charge is 0.354 e. The van der Waals surface area contributed by atoms with Crippen molar-refractivity contribution in [1.29, 1.82) is 0 Å². The van der Waals surface area contributed by atoms with Gasteiger partial charge in [0.15, 0.2) is 0 Å². The molecule has 3 atom stereocenters. The van der Waals surface area contributed by atoms with Crippen molar-refractivity contribution in [3.8, 4) is 0 Å². The second-order valence-corrected chi connectivity index (χ2v) is 14.2. The van der Waals surface area contributed by atoms with Gasteiger partial charge in [-0.1, -0.05) is 0 Å². The highest BCUT2D eigenvalue weighted by Crippen LogP contribution is 2.10. The Labute approximate surface area is 324 Å². The molecule has 0 spiro atoms. The van der Waals surface area contributed by atoms with Gasteiger partial charge in [0, 0.05) is 116 Å². The van der Waals surface area contributed by atoms with Gasteiger partial charge in [0.2, 0.25) is 47.3 Å². The first-order valence-corrected chi connectivity index (χ1v) is 19.1. The van der Waals surface area contributed by atoms with Crippen LogP contribution in [0.1, 0.15) is 46.5 Å². The summed E-state index contributed by atoms with van der Waals surface area (Å²) in [4.78, 5) is 108. The van der Waals surface area contributed by atoms with Crippen molar-refractivity contribution in [1.82, 2.24) is 62.1 Å². The van der Waals surface area contributed by atoms with E-state index in [1.165, 1.54) is 0 Å². The smallest absolute Gasteiger partial charge is 0.229 e. The van der Waals surface area contributed by atoms with Crippen molar-refractivity contribution in [3.05, 3.63) is 0 Å². The Bertz CT molecular complexity index is 1260. The third-order valence-electron chi connectivity index (χ3n) is 9.52. The van der Waals surface area contributed by atoms with E-state index < -0.39 is 53.3 Å². The molecule has 2 fully saturated rings. The van der Waals surface area contributed by atoms with Gasteiger partial charge in [-0.2, -0.15) is 0 Å². The van der Waals surface area contributed by atoms with E-state index in [1.54, 1.807) is 0 Å². The van der Waals surface area contributed by atoms with Crippen LogP contribution in [0.2, 0.25) is 0 Å². The Morgan fingerprint density at radius 3 is 1.11 bits per heavy atom. The summed E-state index contributed by atoms with van der Waals surface area (Å²) >= 11 is 0. The van der Waals surface area contributed by atoms with E-state index in [-0.39, 0.29) is 57.4 Å². The molecule has 0 aromatic carbocycles. The van der Waals surface area contributed by atoms with E-state index >= 15 is 0 Å². The van der Waals surface area contributed by atoms with E-state index in [1.807, 2.05) is 49.6 Å². The molecule has 312 valence electrons. The number of likely N-dealkylation sites (N-methyl/N-ethyl adjacent to an activating group) is 2. The normalized spacial score (nSPS) is 25.0. The molecular weight excluding hydrogens is 716 g/mol. The van der Waals surface area contributed by atoms with E-state index in [0.29, 0.717) is 78.5 Å². The molecule has 2 aliphatic heterocycles. The van der Waals surface area contributed by atoms with Crippen LogP contribution in [-0.4, -0.2) is 197 Å². The number of nitrogens with one attached hydrogen (secondary N) is 8. The van der Waals surface area contributed by atoms with E-state index in [2.05, 4.69) is 47.4 Å². The fourth-order valence-electron chi connectivity index (χ4n) is 6.02. The predicted molar refractivity (Wildman–Crippen MR) is 204 cm³/mol. The number of nitrogens with zero attached hydrogens (tertiary/aromatic N) is 4. The summed E-state index contributed by atoms with van der Waals surface area (Å²) in [5.74, 6) is -3.31. The maximum absolute atomic E-state index is 12.9. The molecule has 0 aromatic rings. The lowest BCUT2D eigenvalue weighted by molar-refractivity contribution is -0.131. The molecule has 0 radical (unpaired) electrons. The summed E-state index contributed by atoms with van der Waals surface area (Å²) in [5, 5.41) is 22.3. The summed E-state index contributed by atoms with van der Waals surface area (Å²) in [6.07, 6.45) is -1.32. The van der Waals surface area contributed by atoms with Crippen molar-refractivity contribution in [2.24, 2.45) is 0 Å². The minimum Gasteiger partial charge on any atom is -0.354 e. The van der Waals surface area contributed by atoms with Gasteiger partial charge in [-0.05, 0) is 34.9 Å². The minimum atomic E-state index is -0.427. The summed E-state index contributed by atoms with van der Waals surface area (Å²) in [5.41, 5.74) is 0. The van der Waals surface area contributed by atoms with Gasteiger partial charge in [0.25, 0.3) is 0 Å². The number of rotatable bonds is 3. The molecule has 8 N–H and O–H groups in total. The molecule has 2 heterocycles. The third kappa shape index (κ3) is 20.7. The van der Waals surface area contributed by atoms with Crippen LogP contribution in [0.3, 0.4) is 0 Å². The summed E-state index contributed by atoms with van der Waals surface area (Å²) < 4.78 is 0. The van der Waals surface area contributed by atoms with Crippen LogP contribution in [-0.2, 0) is 38.4 Å². The van der Waals surface area contributed by atoms with Crippen molar-refractivity contribution < 1.29 is 38.4 Å². The van der Waals surface area contributed by atoms with E-state index in [0.717, 1.165) is 0 Å². The summed E-state index contributed by atoms with van der Waals surface area (Å²) in [7, 11) is 3.67. The molecule has 20 nitrogen and oxygen atoms in total. The second-order valence-electron chi connectivity index (χ2n) is 14.2. The first-order valence-electron chi connectivity index (χ1n) is 19.1. The molecule has 20 heteroatoms. The predicted octanol–water partition coefficient (Wildman–Crippen LogP) is -4.86. The average molecular weight is 781 g/mol. The SMILES string of the molecule is CC1NC(=O)CC(=O)NCCN(C)CCNC(=O)CC(=O)NCCN(CC(C)N2CCNC(=O)CC(=O)NCCN(C)CCNC(=O)CC(=O)NCC2)C1C. The average Bonchev–Trinajstić information content (AvgIpc) is 3.09. The van der Waals surface area contributed by atoms with Gasteiger partial charge in [-0.3, -0.25) is 48.2 Å². The van der Waals surface area contributed by atoms with Gasteiger partial charge in [0.1, 0.15) is 25.7 Å². The fraction of sp³-hybridized carbons (Fsp3) is 0.771. The zero-order valence-electron chi connectivity index (χ0n) is 33.2. The van der Waals surface area contributed by atoms with Crippen LogP contribution in [0.5, 0.6) is 0 Å². The lowest BCUT2D eigenvalue weighted by Gasteiger charge is -2.38. The first-order chi connectivity index (χ1) is 26.1. The van der Waals surface area contributed by atoms with Crippen LogP contribution in [0.4, 0.5) is 0 Å². The molecule has 0 aliphatic carbocycles. The van der Waals surface area contributed by atoms with Crippen LogP contribution < -0.4 is 42.5 Å². The molecule has 8 amide bonds. The van der Waals surface area contributed by atoms with Gasteiger partial charge in [-0.15, -0.1) is 0 Å². The molecule has 2 rings (SSSR count). The van der Waals surface area contributed by atoms with E-state index in [9.17, 15) is 38.4 Å². The number of carbonyl (C=O) groups is 8. The third-order valence-corrected chi connectivity index (χ3v) is 9.52. The van der Waals surface area contributed by atoms with Crippen molar-refractivity contribution in [3.63, 3.8) is 0 Å². The molecule has 2 aliphatic rings. The van der Waals surface area contributed by atoms with Crippen molar-refractivity contribution in [2.45, 2.75) is 64.6 Å². The fourth-order valence-corrected chi connectivity index (χ4v) is 6.02. The van der Waals surface area contributed by atoms with Gasteiger partial charge < -0.3 is 52.3 Å². The highest BCUT2D eigenvalue weighted by atomic mass is 16.2. The number of hydrogen-bond donors (Lipinski definition) is 8. The summed E-state index contributed by atoms with van der Waals surface area (Å²) in [6.45, 7) is 11.2. The lowest BCUT2D eigenvalue weighted by atomic mass is 10.1. The van der Waals surface area contributed by atoms with Crippen molar-refractivity contribution in [2.75, 3.05) is 112 Å². The van der Waals surface area contributed by atoms with Crippen LogP contribution in [0, 0.1) is 0 Å². The number of hydrogen-bond acceptors (Lipinski definition) is 12. The molecule has 0 saturated carbocycles. The van der Waals surface area contributed by atoms with Crippen LogP contribution in [0.15, 0.2) is 0 Å². The molecular formula is C35H64N12O8. The zero-order valence-corrected chi connectivity index (χ0v) is 33.2. The Kier molecular flexibility index (Phi) is 21.8. The first kappa shape index (κ1) is 46.8. The second kappa shape index (κ2) is 25.6. The molecule has 0 bridgehead atoms. The van der Waals surface area contributed by atoms with Crippen molar-refractivity contribution >= 4 is 47.3 Å². The topological polar surface area (TPSA) is 246 Å². The maximum atomic E-state index is 12.9. The Morgan fingerprint density at radius 1 is 0.473 bits per heavy atom. The summed E-state index contributed by atoms with van der Waals surface area (Å²) in [6, 6.07) is -0.883. The highest BCUT2D eigenvalue weighted by Gasteiger charge is 2.26. The number of amides is 8. The maximum Gasteiger partial charge on any atom is 0.229 e. The lowest BCUT2D eigenvalue weighted by Crippen LogP contribution is -2.55. The van der Waals surface area contributed by atoms with Crippen LogP contribution >= 0.6 is 0 Å². The van der Waals surface area contributed by atoms with Crippen LogP contribution in [0.25, 0.3) is 0 Å². The van der Waals surface area contributed by atoms with E-state index in [4.69, 9.17) is 0 Å². The molecule has 55 heavy (non-hydrogen) atoms. The molecule has 3 unspecified atom stereocenters. The monoisotopic (exact) mass is 780 g/mol. The Balaban J connectivity index is 2.19. The zero-order chi connectivity index (χ0) is 40.8. The molecule has 0 aromatic heterocycles. The standard InChI is InChI=1S/C35H64N12O8/c1-25(46-17-10-40-31(51)20-28(48)36-6-13-44(4)14-7-37-29(49)21-32(52)41-11-18-46)24-47-19-12-42-33(53)22-30(50)38-8-15-45(5)16-9-39-34(54)23-35(55)43-26(2)27(47)3/h25-27H,6-24H2,1-5H3,(H,36,48)(H,37,49)(H,38,50)(H,39,54)(H,40,51)(H,41,52)(H,42,53)(H,43,55). The molecule has 2 saturated heterocycles. The quantitative estimate of drug-likeness (QED) is 0.126. The van der Waals surface area contributed by atoms with Gasteiger partial charge in [-0.25, -0.2) is 0 Å². The Hall–Kier alpha value is -4.40. The number of carbonyl (C=O) groups excluding carboxylic acids is 8. The van der Waals surface area contributed by atoms with Gasteiger partial charge in [0.05, 0.1) is 0 Å².